The Morgan fingerprint density at radius 3 is 2.56 bits per heavy atom. The van der Waals surface area contributed by atoms with E-state index in [4.69, 9.17) is 11.6 Å². The third-order valence-electron chi connectivity index (χ3n) is 2.46. The summed E-state index contributed by atoms with van der Waals surface area (Å²) in [6, 6.07) is 8.87. The molecule has 1 aromatic carbocycles. The minimum Gasteiger partial charge on any atom is -0.295 e. The molecule has 0 saturated heterocycles. The van der Waals surface area contributed by atoms with Crippen LogP contribution in [0.5, 0.6) is 0 Å². The lowest BCUT2D eigenvalue weighted by Gasteiger charge is -2.05. The highest BCUT2D eigenvalue weighted by molar-refractivity contribution is 6.32. The predicted molar refractivity (Wildman–Crippen MR) is 65.5 cm³/mol. The van der Waals surface area contributed by atoms with Crippen LogP contribution in [-0.4, -0.2) is 9.78 Å². The zero-order chi connectivity index (χ0) is 11.7. The van der Waals surface area contributed by atoms with Crippen molar-refractivity contribution in [2.24, 2.45) is 0 Å². The molecule has 0 atom stereocenters. The molecule has 3 nitrogen and oxygen atoms in total. The van der Waals surface area contributed by atoms with Gasteiger partial charge in [0.25, 0.3) is 5.56 Å². The number of aromatic amines is 1. The molecule has 4 heteroatoms. The van der Waals surface area contributed by atoms with Crippen LogP contribution in [0.4, 0.5) is 0 Å². The van der Waals surface area contributed by atoms with Crippen molar-refractivity contribution in [1.29, 1.82) is 0 Å². The quantitative estimate of drug-likeness (QED) is 0.855. The molecule has 0 radical (unpaired) electrons. The second-order valence-corrected chi connectivity index (χ2v) is 4.40. The van der Waals surface area contributed by atoms with Crippen molar-refractivity contribution < 1.29 is 0 Å². The number of hydrogen-bond acceptors (Lipinski definition) is 1. The van der Waals surface area contributed by atoms with Crippen LogP contribution in [0.3, 0.4) is 0 Å². The number of para-hydroxylation sites is 1. The van der Waals surface area contributed by atoms with Gasteiger partial charge in [-0.05, 0) is 18.1 Å². The van der Waals surface area contributed by atoms with Gasteiger partial charge in [-0.2, -0.15) is 0 Å². The molecule has 2 rings (SSSR count). The monoisotopic (exact) mass is 236 g/mol. The third-order valence-corrected chi connectivity index (χ3v) is 2.78. The second-order valence-electron chi connectivity index (χ2n) is 3.99. The average molecular weight is 237 g/mol. The molecule has 0 unspecified atom stereocenters. The first-order valence-electron chi connectivity index (χ1n) is 5.16. The first-order chi connectivity index (χ1) is 7.59. The Bertz CT molecular complexity index is 554. The first-order valence-corrected chi connectivity index (χ1v) is 5.54. The van der Waals surface area contributed by atoms with E-state index in [1.807, 2.05) is 32.0 Å². The van der Waals surface area contributed by atoms with E-state index in [0.717, 1.165) is 5.69 Å². The highest BCUT2D eigenvalue weighted by Crippen LogP contribution is 2.18. The summed E-state index contributed by atoms with van der Waals surface area (Å²) < 4.78 is 1.47. The molecule has 0 amide bonds. The lowest BCUT2D eigenvalue weighted by atomic mass is 10.1. The molecule has 1 heterocycles. The Morgan fingerprint density at radius 1 is 1.31 bits per heavy atom. The maximum absolute atomic E-state index is 11.8. The molecular weight excluding hydrogens is 224 g/mol. The standard InChI is InChI=1S/C12H13ClN2O/c1-8(2)10-7-12(16)15(14-10)11-6-4-3-5-9(11)13/h3-8,14H,1-2H3. The van der Waals surface area contributed by atoms with Crippen molar-refractivity contribution >= 4 is 11.6 Å². The number of benzene rings is 1. The number of halogens is 1. The van der Waals surface area contributed by atoms with E-state index in [0.29, 0.717) is 10.7 Å². The number of rotatable bonds is 2. The van der Waals surface area contributed by atoms with E-state index >= 15 is 0 Å². The molecule has 0 bridgehead atoms. The lowest BCUT2D eigenvalue weighted by Crippen LogP contribution is -2.13. The molecule has 0 aliphatic carbocycles. The molecule has 0 saturated carbocycles. The van der Waals surface area contributed by atoms with Crippen molar-refractivity contribution in [3.63, 3.8) is 0 Å². The highest BCUT2D eigenvalue weighted by atomic mass is 35.5. The number of nitrogens with one attached hydrogen (secondary N) is 1. The van der Waals surface area contributed by atoms with Gasteiger partial charge in [0, 0.05) is 11.8 Å². The van der Waals surface area contributed by atoms with Crippen LogP contribution in [0.15, 0.2) is 35.1 Å². The number of H-pyrrole nitrogens is 1. The van der Waals surface area contributed by atoms with Crippen molar-refractivity contribution in [2.75, 3.05) is 0 Å². The fraction of sp³-hybridized carbons (Fsp3) is 0.250. The van der Waals surface area contributed by atoms with Gasteiger partial charge in [-0.1, -0.05) is 37.6 Å². The summed E-state index contributed by atoms with van der Waals surface area (Å²) in [5.74, 6) is 0.288. The summed E-state index contributed by atoms with van der Waals surface area (Å²) in [5.41, 5.74) is 1.50. The highest BCUT2D eigenvalue weighted by Gasteiger charge is 2.09. The number of hydrogen-bond donors (Lipinski definition) is 1. The fourth-order valence-electron chi connectivity index (χ4n) is 1.52. The van der Waals surface area contributed by atoms with Gasteiger partial charge in [-0.3, -0.25) is 9.89 Å². The predicted octanol–water partition coefficient (Wildman–Crippen LogP) is 2.94. The summed E-state index contributed by atoms with van der Waals surface area (Å²) in [6.45, 7) is 4.06. The molecule has 2 aromatic rings. The van der Waals surface area contributed by atoms with Gasteiger partial charge in [-0.15, -0.1) is 0 Å². The summed E-state index contributed by atoms with van der Waals surface area (Å²) in [6.07, 6.45) is 0. The zero-order valence-corrected chi connectivity index (χ0v) is 9.95. The molecule has 1 N–H and O–H groups in total. The van der Waals surface area contributed by atoms with Crippen LogP contribution in [0, 0.1) is 0 Å². The summed E-state index contributed by atoms with van der Waals surface area (Å²) >= 11 is 6.04. The Labute approximate surface area is 98.7 Å². The van der Waals surface area contributed by atoms with Gasteiger partial charge in [0.2, 0.25) is 0 Å². The minimum atomic E-state index is -0.0863. The average Bonchev–Trinajstić information content (AvgIpc) is 2.61. The van der Waals surface area contributed by atoms with E-state index in [1.54, 1.807) is 12.1 Å². The molecule has 16 heavy (non-hydrogen) atoms. The molecule has 0 aliphatic heterocycles. The summed E-state index contributed by atoms with van der Waals surface area (Å²) in [7, 11) is 0. The maximum Gasteiger partial charge on any atom is 0.271 e. The summed E-state index contributed by atoms with van der Waals surface area (Å²) in [5, 5.41) is 3.61. The van der Waals surface area contributed by atoms with Gasteiger partial charge in [0.1, 0.15) is 0 Å². The molecule has 0 aliphatic rings. The van der Waals surface area contributed by atoms with Gasteiger partial charge in [0.15, 0.2) is 0 Å². The van der Waals surface area contributed by atoms with E-state index in [-0.39, 0.29) is 11.5 Å². The van der Waals surface area contributed by atoms with Crippen LogP contribution in [0.25, 0.3) is 5.69 Å². The molecule has 84 valence electrons. The zero-order valence-electron chi connectivity index (χ0n) is 9.20. The van der Waals surface area contributed by atoms with Crippen LogP contribution in [-0.2, 0) is 0 Å². The molecule has 1 aromatic heterocycles. The second kappa shape index (κ2) is 4.18. The van der Waals surface area contributed by atoms with E-state index < -0.39 is 0 Å². The maximum atomic E-state index is 11.8. The largest absolute Gasteiger partial charge is 0.295 e. The van der Waals surface area contributed by atoms with E-state index in [9.17, 15) is 4.79 Å². The molecule has 0 fully saturated rings. The Kier molecular flexibility index (Phi) is 2.88. The van der Waals surface area contributed by atoms with Gasteiger partial charge >= 0.3 is 0 Å². The summed E-state index contributed by atoms with van der Waals surface area (Å²) in [4.78, 5) is 11.8. The third kappa shape index (κ3) is 1.91. The SMILES string of the molecule is CC(C)c1cc(=O)n(-c2ccccc2Cl)[nH]1. The van der Waals surface area contributed by atoms with Crippen molar-refractivity contribution in [3.05, 3.63) is 51.4 Å². The topological polar surface area (TPSA) is 37.8 Å². The van der Waals surface area contributed by atoms with Crippen LogP contribution in [0.2, 0.25) is 5.02 Å². The van der Waals surface area contributed by atoms with Crippen LogP contribution < -0.4 is 5.56 Å². The van der Waals surface area contributed by atoms with Crippen molar-refractivity contribution in [1.82, 2.24) is 9.78 Å². The van der Waals surface area contributed by atoms with Gasteiger partial charge in [0.05, 0.1) is 10.7 Å². The van der Waals surface area contributed by atoms with Crippen molar-refractivity contribution in [3.8, 4) is 5.69 Å². The smallest absolute Gasteiger partial charge is 0.271 e. The van der Waals surface area contributed by atoms with Crippen LogP contribution in [0.1, 0.15) is 25.5 Å². The number of aromatic nitrogens is 2. The fourth-order valence-corrected chi connectivity index (χ4v) is 1.74. The van der Waals surface area contributed by atoms with Gasteiger partial charge in [-0.25, -0.2) is 4.68 Å². The molecule has 0 spiro atoms. The number of nitrogens with zero attached hydrogens (tertiary/aromatic N) is 1. The first kappa shape index (κ1) is 11.0. The van der Waals surface area contributed by atoms with Crippen LogP contribution >= 0.6 is 11.6 Å². The Morgan fingerprint density at radius 2 is 2.00 bits per heavy atom. The van der Waals surface area contributed by atoms with E-state index in [2.05, 4.69) is 5.10 Å². The van der Waals surface area contributed by atoms with Gasteiger partial charge < -0.3 is 0 Å². The molecular formula is C12H13ClN2O. The lowest BCUT2D eigenvalue weighted by molar-refractivity contribution is 0.760. The minimum absolute atomic E-state index is 0.0863. The Hall–Kier alpha value is -1.48. The van der Waals surface area contributed by atoms with Crippen molar-refractivity contribution in [2.45, 2.75) is 19.8 Å². The van der Waals surface area contributed by atoms with E-state index in [1.165, 1.54) is 4.68 Å². The normalized spacial score (nSPS) is 11.0. The Balaban J connectivity index is 2.57.